The van der Waals surface area contributed by atoms with E-state index in [-0.39, 0.29) is 17.6 Å². The van der Waals surface area contributed by atoms with Crippen LogP contribution in [0, 0.1) is 11.3 Å². The number of benzene rings is 1. The van der Waals surface area contributed by atoms with Gasteiger partial charge in [0.1, 0.15) is 0 Å². The van der Waals surface area contributed by atoms with E-state index in [1.807, 2.05) is 11.4 Å². The average Bonchev–Trinajstić information content (AvgIpc) is 3.14. The number of hydrogen-bond donors (Lipinski definition) is 1. The molecule has 2 aromatic rings. The van der Waals surface area contributed by atoms with Crippen molar-refractivity contribution >= 4 is 21.4 Å². The van der Waals surface area contributed by atoms with Gasteiger partial charge in [0.15, 0.2) is 0 Å². The number of nitrogens with zero attached hydrogens (tertiary/aromatic N) is 2. The van der Waals surface area contributed by atoms with Crippen LogP contribution in [0.25, 0.3) is 0 Å². The van der Waals surface area contributed by atoms with Crippen LogP contribution in [0.4, 0.5) is 0 Å². The summed E-state index contributed by atoms with van der Waals surface area (Å²) in [5.74, 6) is 0. The van der Waals surface area contributed by atoms with Gasteiger partial charge in [0.2, 0.25) is 10.0 Å². The molecule has 1 aliphatic heterocycles. The quantitative estimate of drug-likeness (QED) is 0.819. The van der Waals surface area contributed by atoms with Crippen molar-refractivity contribution in [2.45, 2.75) is 30.1 Å². The molecule has 1 N–H and O–H groups in total. The topological polar surface area (TPSA) is 101 Å². The van der Waals surface area contributed by atoms with E-state index in [0.29, 0.717) is 25.2 Å². The number of nitriles is 1. The SMILES string of the molecule is N#Cc1cccc(S(=O)(=O)N[C@@H]2COCC[C@@H]2OCc2cscn2)c1. The van der Waals surface area contributed by atoms with Gasteiger partial charge in [0.05, 0.1) is 53.1 Å². The number of thiazole rings is 1. The van der Waals surface area contributed by atoms with Gasteiger partial charge < -0.3 is 9.47 Å². The van der Waals surface area contributed by atoms with Gasteiger partial charge in [-0.3, -0.25) is 0 Å². The summed E-state index contributed by atoms with van der Waals surface area (Å²) in [7, 11) is -3.77. The fourth-order valence-electron chi connectivity index (χ4n) is 2.53. The van der Waals surface area contributed by atoms with Crippen LogP contribution in [0.5, 0.6) is 0 Å². The third-order valence-electron chi connectivity index (χ3n) is 3.80. The Labute approximate surface area is 150 Å². The fourth-order valence-corrected chi connectivity index (χ4v) is 4.37. The zero-order valence-electron chi connectivity index (χ0n) is 13.3. The van der Waals surface area contributed by atoms with E-state index in [1.165, 1.54) is 23.5 Å². The van der Waals surface area contributed by atoms with Gasteiger partial charge in [0, 0.05) is 12.0 Å². The molecule has 0 bridgehead atoms. The van der Waals surface area contributed by atoms with Gasteiger partial charge in [-0.1, -0.05) is 6.07 Å². The summed E-state index contributed by atoms with van der Waals surface area (Å²) in [6, 6.07) is 7.34. The van der Waals surface area contributed by atoms with E-state index in [4.69, 9.17) is 14.7 Å². The predicted octanol–water partition coefficient (Wildman–Crippen LogP) is 1.67. The Bertz CT molecular complexity index is 847. The summed E-state index contributed by atoms with van der Waals surface area (Å²) in [5, 5.41) is 10.8. The Hall–Kier alpha value is -1.83. The van der Waals surface area contributed by atoms with E-state index < -0.39 is 16.1 Å². The van der Waals surface area contributed by atoms with Gasteiger partial charge in [-0.25, -0.2) is 18.1 Å². The predicted molar refractivity (Wildman–Crippen MR) is 91.4 cm³/mol. The maximum Gasteiger partial charge on any atom is 0.241 e. The Morgan fingerprint density at radius 3 is 3.12 bits per heavy atom. The summed E-state index contributed by atoms with van der Waals surface area (Å²) < 4.78 is 39.1. The third kappa shape index (κ3) is 4.62. The molecule has 1 saturated heterocycles. The van der Waals surface area contributed by atoms with Crippen molar-refractivity contribution in [3.63, 3.8) is 0 Å². The lowest BCUT2D eigenvalue weighted by Gasteiger charge is -2.31. The molecule has 1 aromatic carbocycles. The lowest BCUT2D eigenvalue weighted by Crippen LogP contribution is -2.50. The van der Waals surface area contributed by atoms with E-state index in [0.717, 1.165) is 5.69 Å². The number of sulfonamides is 1. The number of aromatic nitrogens is 1. The fraction of sp³-hybridized carbons (Fsp3) is 0.375. The molecule has 7 nitrogen and oxygen atoms in total. The molecule has 0 unspecified atom stereocenters. The summed E-state index contributed by atoms with van der Waals surface area (Å²) in [6.45, 7) is 1.08. The van der Waals surface area contributed by atoms with Crippen LogP contribution in [0.2, 0.25) is 0 Å². The van der Waals surface area contributed by atoms with E-state index >= 15 is 0 Å². The van der Waals surface area contributed by atoms with E-state index in [9.17, 15) is 8.42 Å². The van der Waals surface area contributed by atoms with E-state index in [2.05, 4.69) is 9.71 Å². The monoisotopic (exact) mass is 379 g/mol. The van der Waals surface area contributed by atoms with Crippen LogP contribution < -0.4 is 4.72 Å². The lowest BCUT2D eigenvalue weighted by atomic mass is 10.1. The minimum atomic E-state index is -3.77. The minimum absolute atomic E-state index is 0.0513. The molecule has 25 heavy (non-hydrogen) atoms. The highest BCUT2D eigenvalue weighted by molar-refractivity contribution is 7.89. The number of ether oxygens (including phenoxy) is 2. The summed E-state index contributed by atoms with van der Waals surface area (Å²) in [6.07, 6.45) is 0.291. The van der Waals surface area contributed by atoms with Gasteiger partial charge in [-0.2, -0.15) is 5.26 Å². The zero-order valence-corrected chi connectivity index (χ0v) is 14.9. The van der Waals surface area contributed by atoms with Crippen LogP contribution in [0.3, 0.4) is 0 Å². The largest absolute Gasteiger partial charge is 0.380 e. The second-order valence-electron chi connectivity index (χ2n) is 5.56. The Balaban J connectivity index is 1.70. The molecule has 0 radical (unpaired) electrons. The van der Waals surface area contributed by atoms with Crippen molar-refractivity contribution < 1.29 is 17.9 Å². The van der Waals surface area contributed by atoms with Crippen molar-refractivity contribution in [2.24, 2.45) is 0 Å². The lowest BCUT2D eigenvalue weighted by molar-refractivity contribution is -0.0578. The molecule has 0 saturated carbocycles. The molecule has 0 spiro atoms. The average molecular weight is 379 g/mol. The summed E-state index contributed by atoms with van der Waals surface area (Å²) in [4.78, 5) is 4.21. The molecule has 1 fully saturated rings. The van der Waals surface area contributed by atoms with Gasteiger partial charge in [-0.05, 0) is 24.6 Å². The van der Waals surface area contributed by atoms with Gasteiger partial charge in [0.25, 0.3) is 0 Å². The van der Waals surface area contributed by atoms with Crippen LogP contribution in [0.1, 0.15) is 17.7 Å². The van der Waals surface area contributed by atoms with Crippen molar-refractivity contribution in [2.75, 3.05) is 13.2 Å². The van der Waals surface area contributed by atoms with Gasteiger partial charge in [-0.15, -0.1) is 11.3 Å². The molecule has 2 atom stereocenters. The van der Waals surface area contributed by atoms with Crippen molar-refractivity contribution in [3.05, 3.63) is 46.4 Å². The first kappa shape index (κ1) is 18.0. The standard InChI is InChI=1S/C16H17N3O4S2/c17-7-12-2-1-3-14(6-12)25(20,21)19-15-9-22-5-4-16(15)23-8-13-10-24-11-18-13/h1-3,6,10-11,15-16,19H,4-5,8-9H2/t15-,16+/m1/s1. The highest BCUT2D eigenvalue weighted by atomic mass is 32.2. The first-order valence-electron chi connectivity index (χ1n) is 7.67. The Kier molecular flexibility index (Phi) is 5.78. The Morgan fingerprint density at radius 1 is 1.48 bits per heavy atom. The second kappa shape index (κ2) is 8.03. The van der Waals surface area contributed by atoms with Crippen LogP contribution >= 0.6 is 11.3 Å². The minimum Gasteiger partial charge on any atom is -0.380 e. The molecule has 132 valence electrons. The molecule has 1 aromatic heterocycles. The maximum atomic E-state index is 12.6. The van der Waals surface area contributed by atoms with Crippen molar-refractivity contribution in [1.29, 1.82) is 5.26 Å². The third-order valence-corrected chi connectivity index (χ3v) is 5.92. The molecule has 9 heteroatoms. The van der Waals surface area contributed by atoms with Crippen LogP contribution in [0.15, 0.2) is 40.1 Å². The first-order chi connectivity index (χ1) is 12.1. The van der Waals surface area contributed by atoms with Crippen molar-refractivity contribution in [1.82, 2.24) is 9.71 Å². The maximum absolute atomic E-state index is 12.6. The molecule has 2 heterocycles. The highest BCUT2D eigenvalue weighted by Gasteiger charge is 2.31. The first-order valence-corrected chi connectivity index (χ1v) is 10.1. The number of nitrogens with one attached hydrogen (secondary N) is 1. The molecule has 0 amide bonds. The number of hydrogen-bond acceptors (Lipinski definition) is 7. The normalized spacial score (nSPS) is 20.9. The molecule has 3 rings (SSSR count). The highest BCUT2D eigenvalue weighted by Crippen LogP contribution is 2.18. The second-order valence-corrected chi connectivity index (χ2v) is 7.99. The van der Waals surface area contributed by atoms with Gasteiger partial charge >= 0.3 is 0 Å². The molecule has 1 aliphatic rings. The number of rotatable bonds is 6. The summed E-state index contributed by atoms with van der Waals surface area (Å²) >= 11 is 1.48. The Morgan fingerprint density at radius 2 is 2.36 bits per heavy atom. The van der Waals surface area contributed by atoms with Crippen LogP contribution in [-0.4, -0.2) is 38.8 Å². The molecular weight excluding hydrogens is 362 g/mol. The van der Waals surface area contributed by atoms with Crippen LogP contribution in [-0.2, 0) is 26.1 Å². The smallest absolute Gasteiger partial charge is 0.241 e. The van der Waals surface area contributed by atoms with Crippen molar-refractivity contribution in [3.8, 4) is 6.07 Å². The van der Waals surface area contributed by atoms with E-state index in [1.54, 1.807) is 17.6 Å². The summed E-state index contributed by atoms with van der Waals surface area (Å²) in [5.41, 5.74) is 2.84. The zero-order chi connectivity index (χ0) is 17.7. The molecule has 0 aliphatic carbocycles. The molecular formula is C16H17N3O4S2.